The minimum absolute atomic E-state index is 0.133. The van der Waals surface area contributed by atoms with E-state index < -0.39 is 22.0 Å². The van der Waals surface area contributed by atoms with Crippen molar-refractivity contribution in [2.45, 2.75) is 57.6 Å². The summed E-state index contributed by atoms with van der Waals surface area (Å²) < 4.78 is 34.3. The topological polar surface area (TPSA) is 105 Å². The standard InChI is InChI=1S/C25H31N3O5S/c1-4-21-25(30)27-20-12-17(3)23(13-22(20)33-21)34(31,32)28-11-7-10-19(15-28)24(29)26-14-18-9-6-5-8-16(18)2/h5-6,8-9,12-13,19,21H,4,7,10-11,14-15H2,1-3H3,(H,26,29)(H,27,30)/t19-,21+/m1/s1. The van der Waals surface area contributed by atoms with Crippen LogP contribution in [0.2, 0.25) is 0 Å². The average Bonchev–Trinajstić information content (AvgIpc) is 2.82. The number of hydrogen-bond acceptors (Lipinski definition) is 5. The van der Waals surface area contributed by atoms with Gasteiger partial charge in [-0.1, -0.05) is 31.2 Å². The van der Waals surface area contributed by atoms with Crippen molar-refractivity contribution in [3.05, 3.63) is 53.1 Å². The Morgan fingerprint density at radius 3 is 2.71 bits per heavy atom. The van der Waals surface area contributed by atoms with E-state index in [1.807, 2.05) is 38.1 Å². The van der Waals surface area contributed by atoms with Crippen LogP contribution in [0.5, 0.6) is 5.75 Å². The molecule has 182 valence electrons. The summed E-state index contributed by atoms with van der Waals surface area (Å²) in [6, 6.07) is 11.0. The summed E-state index contributed by atoms with van der Waals surface area (Å²) in [5.41, 5.74) is 3.13. The van der Waals surface area contributed by atoms with Crippen molar-refractivity contribution < 1.29 is 22.7 Å². The first-order chi connectivity index (χ1) is 16.2. The maximum Gasteiger partial charge on any atom is 0.265 e. The van der Waals surface area contributed by atoms with Crippen molar-refractivity contribution in [1.29, 1.82) is 0 Å². The van der Waals surface area contributed by atoms with E-state index in [9.17, 15) is 18.0 Å². The number of amides is 2. The lowest BCUT2D eigenvalue weighted by Crippen LogP contribution is -2.45. The van der Waals surface area contributed by atoms with Gasteiger partial charge in [-0.3, -0.25) is 9.59 Å². The lowest BCUT2D eigenvalue weighted by Gasteiger charge is -2.32. The molecular weight excluding hydrogens is 454 g/mol. The van der Waals surface area contributed by atoms with Crippen LogP contribution in [0, 0.1) is 19.8 Å². The van der Waals surface area contributed by atoms with Crippen LogP contribution in [0.15, 0.2) is 41.3 Å². The Kier molecular flexibility index (Phi) is 6.95. The Labute approximate surface area is 200 Å². The number of ether oxygens (including phenoxy) is 1. The lowest BCUT2D eigenvalue weighted by atomic mass is 9.98. The lowest BCUT2D eigenvalue weighted by molar-refractivity contribution is -0.126. The second-order valence-corrected chi connectivity index (χ2v) is 10.9. The van der Waals surface area contributed by atoms with Crippen molar-refractivity contribution in [3.63, 3.8) is 0 Å². The maximum absolute atomic E-state index is 13.6. The van der Waals surface area contributed by atoms with Crippen LogP contribution in [0.4, 0.5) is 5.69 Å². The fourth-order valence-electron chi connectivity index (χ4n) is 4.48. The zero-order chi connectivity index (χ0) is 24.5. The fraction of sp³-hybridized carbons (Fsp3) is 0.440. The summed E-state index contributed by atoms with van der Waals surface area (Å²) in [6.45, 7) is 6.43. The van der Waals surface area contributed by atoms with E-state index in [-0.39, 0.29) is 23.3 Å². The predicted molar refractivity (Wildman–Crippen MR) is 129 cm³/mol. The first-order valence-corrected chi connectivity index (χ1v) is 13.1. The molecule has 2 heterocycles. The number of hydrogen-bond donors (Lipinski definition) is 2. The molecule has 0 unspecified atom stereocenters. The number of carbonyl (C=O) groups excluding carboxylic acids is 2. The van der Waals surface area contributed by atoms with Crippen molar-refractivity contribution in [1.82, 2.24) is 9.62 Å². The Morgan fingerprint density at radius 2 is 1.97 bits per heavy atom. The van der Waals surface area contributed by atoms with E-state index in [1.165, 1.54) is 10.4 Å². The quantitative estimate of drug-likeness (QED) is 0.654. The number of piperidine rings is 1. The van der Waals surface area contributed by atoms with Crippen molar-refractivity contribution in [2.75, 3.05) is 18.4 Å². The molecule has 8 nitrogen and oxygen atoms in total. The van der Waals surface area contributed by atoms with E-state index >= 15 is 0 Å². The first-order valence-electron chi connectivity index (χ1n) is 11.6. The minimum Gasteiger partial charge on any atom is -0.478 e. The highest BCUT2D eigenvalue weighted by Crippen LogP contribution is 2.36. The number of sulfonamides is 1. The van der Waals surface area contributed by atoms with Crippen LogP contribution >= 0.6 is 0 Å². The van der Waals surface area contributed by atoms with Crippen LogP contribution in [-0.4, -0.2) is 43.7 Å². The predicted octanol–water partition coefficient (Wildman–Crippen LogP) is 3.13. The van der Waals surface area contributed by atoms with Gasteiger partial charge in [0.2, 0.25) is 15.9 Å². The first kappa shape index (κ1) is 24.2. The molecule has 2 aromatic carbocycles. The number of benzene rings is 2. The molecule has 0 bridgehead atoms. The van der Waals surface area contributed by atoms with E-state index in [2.05, 4.69) is 10.6 Å². The van der Waals surface area contributed by atoms with Crippen molar-refractivity contribution in [2.24, 2.45) is 5.92 Å². The third-order valence-electron chi connectivity index (χ3n) is 6.55. The zero-order valence-electron chi connectivity index (χ0n) is 19.8. The van der Waals surface area contributed by atoms with Crippen LogP contribution in [0.25, 0.3) is 0 Å². The molecule has 2 N–H and O–H groups in total. The third kappa shape index (κ3) is 4.81. The van der Waals surface area contributed by atoms with Gasteiger partial charge in [-0.2, -0.15) is 4.31 Å². The number of aryl methyl sites for hydroxylation is 2. The monoisotopic (exact) mass is 485 g/mol. The molecule has 1 saturated heterocycles. The summed E-state index contributed by atoms with van der Waals surface area (Å²) in [4.78, 5) is 25.1. The van der Waals surface area contributed by atoms with E-state index in [4.69, 9.17) is 4.74 Å². The fourth-order valence-corrected chi connectivity index (χ4v) is 6.23. The van der Waals surface area contributed by atoms with Gasteiger partial charge in [-0.25, -0.2) is 8.42 Å². The van der Waals surface area contributed by atoms with Gasteiger partial charge in [0.1, 0.15) is 5.75 Å². The highest BCUT2D eigenvalue weighted by atomic mass is 32.2. The van der Waals surface area contributed by atoms with Gasteiger partial charge in [0.25, 0.3) is 5.91 Å². The van der Waals surface area contributed by atoms with Crippen molar-refractivity contribution in [3.8, 4) is 5.75 Å². The van der Waals surface area contributed by atoms with E-state index in [0.717, 1.165) is 11.1 Å². The van der Waals surface area contributed by atoms with Gasteiger partial charge in [-0.15, -0.1) is 0 Å². The molecule has 2 aromatic rings. The second kappa shape index (κ2) is 9.76. The highest BCUT2D eigenvalue weighted by Gasteiger charge is 2.35. The van der Waals surface area contributed by atoms with Crippen LogP contribution in [0.3, 0.4) is 0 Å². The number of nitrogens with zero attached hydrogens (tertiary/aromatic N) is 1. The summed E-state index contributed by atoms with van der Waals surface area (Å²) in [6.07, 6.45) is 1.08. The normalized spacial score (nSPS) is 20.7. The molecular formula is C25H31N3O5S. The Morgan fingerprint density at radius 1 is 1.21 bits per heavy atom. The summed E-state index contributed by atoms with van der Waals surface area (Å²) in [7, 11) is -3.84. The van der Waals surface area contributed by atoms with E-state index in [1.54, 1.807) is 13.0 Å². The third-order valence-corrected chi connectivity index (χ3v) is 8.56. The smallest absolute Gasteiger partial charge is 0.265 e. The molecule has 4 rings (SSSR count). The molecule has 2 atom stereocenters. The average molecular weight is 486 g/mol. The molecule has 0 aliphatic carbocycles. The number of fused-ring (bicyclic) bond motifs is 1. The maximum atomic E-state index is 13.6. The largest absolute Gasteiger partial charge is 0.478 e. The van der Waals surface area contributed by atoms with Gasteiger partial charge < -0.3 is 15.4 Å². The number of anilines is 1. The molecule has 0 aromatic heterocycles. The Hall–Kier alpha value is -2.91. The number of carbonyl (C=O) groups is 2. The van der Waals surface area contributed by atoms with Gasteiger partial charge in [0, 0.05) is 25.7 Å². The highest BCUT2D eigenvalue weighted by molar-refractivity contribution is 7.89. The zero-order valence-corrected chi connectivity index (χ0v) is 20.6. The molecule has 9 heteroatoms. The number of rotatable bonds is 6. The summed E-state index contributed by atoms with van der Waals surface area (Å²) in [5.74, 6) is -0.437. The second-order valence-electron chi connectivity index (χ2n) is 8.96. The van der Waals surface area contributed by atoms with Gasteiger partial charge in [0.05, 0.1) is 16.5 Å². The molecule has 0 spiro atoms. The summed E-state index contributed by atoms with van der Waals surface area (Å²) >= 11 is 0. The molecule has 2 aliphatic rings. The van der Waals surface area contributed by atoms with Gasteiger partial charge in [-0.05, 0) is 55.9 Å². The molecule has 2 aliphatic heterocycles. The van der Waals surface area contributed by atoms with E-state index in [0.29, 0.717) is 49.4 Å². The number of nitrogens with one attached hydrogen (secondary N) is 2. The van der Waals surface area contributed by atoms with Crippen LogP contribution in [-0.2, 0) is 26.2 Å². The van der Waals surface area contributed by atoms with Gasteiger partial charge >= 0.3 is 0 Å². The molecule has 1 fully saturated rings. The molecule has 0 radical (unpaired) electrons. The van der Waals surface area contributed by atoms with Crippen molar-refractivity contribution >= 4 is 27.5 Å². The van der Waals surface area contributed by atoms with Crippen LogP contribution in [0.1, 0.15) is 42.9 Å². The Bertz CT molecular complexity index is 1210. The SMILES string of the molecule is CC[C@@H]1Oc2cc(S(=O)(=O)N3CCC[C@@H](C(=O)NCc4ccccc4C)C3)c(C)cc2NC1=O. The molecule has 0 saturated carbocycles. The summed E-state index contributed by atoms with van der Waals surface area (Å²) in [5, 5.41) is 5.76. The van der Waals surface area contributed by atoms with Crippen LogP contribution < -0.4 is 15.4 Å². The Balaban J connectivity index is 1.50. The van der Waals surface area contributed by atoms with Gasteiger partial charge in [0.15, 0.2) is 6.10 Å². The molecule has 34 heavy (non-hydrogen) atoms. The minimum atomic E-state index is -3.84. The molecule has 2 amide bonds.